The number of nitrogens with one attached hydrogen (secondary N) is 3. The first-order valence-electron chi connectivity index (χ1n) is 8.27. The van der Waals surface area contributed by atoms with Crippen molar-refractivity contribution in [2.75, 3.05) is 25.6 Å². The SMILES string of the molecule is COCCCOc1ccc2c3[nH][nH]c(Nc4cccnc4)c-3cc2c1. The van der Waals surface area contributed by atoms with E-state index in [2.05, 4.69) is 38.7 Å². The number of H-pyrrole nitrogens is 2. The van der Waals surface area contributed by atoms with Gasteiger partial charge in [0.15, 0.2) is 0 Å². The fourth-order valence-electron chi connectivity index (χ4n) is 2.95. The Morgan fingerprint density at radius 3 is 2.92 bits per heavy atom. The van der Waals surface area contributed by atoms with E-state index in [-0.39, 0.29) is 0 Å². The van der Waals surface area contributed by atoms with E-state index in [0.717, 1.165) is 45.7 Å². The first kappa shape index (κ1) is 15.5. The summed E-state index contributed by atoms with van der Waals surface area (Å²) >= 11 is 0. The number of ether oxygens (including phenoxy) is 2. The summed E-state index contributed by atoms with van der Waals surface area (Å²) in [6.45, 7) is 1.36. The van der Waals surface area contributed by atoms with Crippen molar-refractivity contribution in [3.05, 3.63) is 48.8 Å². The molecule has 0 atom stereocenters. The normalized spacial score (nSPS) is 11.2. The van der Waals surface area contributed by atoms with Crippen molar-refractivity contribution in [3.63, 3.8) is 0 Å². The van der Waals surface area contributed by atoms with Gasteiger partial charge >= 0.3 is 0 Å². The van der Waals surface area contributed by atoms with Gasteiger partial charge in [0.05, 0.1) is 24.2 Å². The summed E-state index contributed by atoms with van der Waals surface area (Å²) in [6.07, 6.45) is 4.43. The largest absolute Gasteiger partial charge is 0.493 e. The van der Waals surface area contributed by atoms with Crippen LogP contribution in [0, 0.1) is 0 Å². The maximum Gasteiger partial charge on any atom is 0.132 e. The highest BCUT2D eigenvalue weighted by molar-refractivity contribution is 6.04. The van der Waals surface area contributed by atoms with Crippen LogP contribution in [-0.2, 0) is 4.74 Å². The zero-order valence-electron chi connectivity index (χ0n) is 14.0. The average molecular weight is 336 g/mol. The standard InChI is InChI=1S/C19H20N4O2/c1-24-8-3-9-25-15-5-6-16-13(10-15)11-17-18(16)22-23-19(17)21-14-4-2-7-20-12-14/h2,4-7,10-12,21-23H,3,8-9H2,1H3. The van der Waals surface area contributed by atoms with Gasteiger partial charge in [-0.2, -0.15) is 0 Å². The van der Waals surface area contributed by atoms with Gasteiger partial charge in [-0.25, -0.2) is 0 Å². The minimum absolute atomic E-state index is 0.652. The van der Waals surface area contributed by atoms with E-state index >= 15 is 0 Å². The Labute approximate surface area is 145 Å². The molecular weight excluding hydrogens is 316 g/mol. The Balaban J connectivity index is 1.58. The van der Waals surface area contributed by atoms with Crippen LogP contribution in [-0.4, -0.2) is 35.5 Å². The minimum atomic E-state index is 0.652. The topological polar surface area (TPSA) is 75.0 Å². The van der Waals surface area contributed by atoms with Gasteiger partial charge < -0.3 is 14.8 Å². The predicted molar refractivity (Wildman–Crippen MR) is 98.8 cm³/mol. The Morgan fingerprint density at radius 1 is 1.12 bits per heavy atom. The molecule has 0 unspecified atom stereocenters. The van der Waals surface area contributed by atoms with Gasteiger partial charge in [0.1, 0.15) is 11.6 Å². The summed E-state index contributed by atoms with van der Waals surface area (Å²) in [5.74, 6) is 1.80. The summed E-state index contributed by atoms with van der Waals surface area (Å²) in [7, 11) is 1.70. The zero-order valence-corrected chi connectivity index (χ0v) is 14.0. The molecule has 1 aromatic heterocycles. The summed E-state index contributed by atoms with van der Waals surface area (Å²) < 4.78 is 10.8. The van der Waals surface area contributed by atoms with Crippen molar-refractivity contribution in [1.82, 2.24) is 15.2 Å². The van der Waals surface area contributed by atoms with Crippen molar-refractivity contribution >= 4 is 22.3 Å². The minimum Gasteiger partial charge on any atom is -0.493 e. The zero-order chi connectivity index (χ0) is 17.1. The second kappa shape index (κ2) is 6.86. The molecule has 0 radical (unpaired) electrons. The Hall–Kier alpha value is -2.99. The molecular formula is C19H20N4O2. The van der Waals surface area contributed by atoms with Gasteiger partial charge in [-0.3, -0.25) is 15.2 Å². The second-order valence-corrected chi connectivity index (χ2v) is 5.87. The molecule has 0 amide bonds. The lowest BCUT2D eigenvalue weighted by Crippen LogP contribution is -2.00. The van der Waals surface area contributed by atoms with Crippen LogP contribution < -0.4 is 10.1 Å². The maximum atomic E-state index is 5.79. The molecule has 25 heavy (non-hydrogen) atoms. The fraction of sp³-hybridized carbons (Fsp3) is 0.211. The highest BCUT2D eigenvalue weighted by atomic mass is 16.5. The highest BCUT2D eigenvalue weighted by Gasteiger charge is 2.17. The molecule has 1 aliphatic carbocycles. The first-order valence-corrected chi connectivity index (χ1v) is 8.27. The quantitative estimate of drug-likeness (QED) is 0.443. The molecule has 2 aliphatic rings. The monoisotopic (exact) mass is 336 g/mol. The number of anilines is 2. The van der Waals surface area contributed by atoms with Crippen LogP contribution in [0.3, 0.4) is 0 Å². The van der Waals surface area contributed by atoms with Crippen LogP contribution in [0.4, 0.5) is 11.5 Å². The number of rotatable bonds is 7. The highest BCUT2D eigenvalue weighted by Crippen LogP contribution is 2.39. The average Bonchev–Trinajstić information content (AvgIpc) is 3.19. The molecule has 2 heterocycles. The molecule has 1 aromatic carbocycles. The number of fused-ring (bicyclic) bond motifs is 3. The molecule has 0 saturated carbocycles. The molecule has 1 aliphatic heterocycles. The van der Waals surface area contributed by atoms with Gasteiger partial charge in [-0.1, -0.05) is 0 Å². The number of methoxy groups -OCH3 is 1. The number of aromatic amines is 2. The van der Waals surface area contributed by atoms with E-state index < -0.39 is 0 Å². The molecule has 0 bridgehead atoms. The van der Waals surface area contributed by atoms with E-state index in [1.165, 1.54) is 0 Å². The molecule has 6 nitrogen and oxygen atoms in total. The van der Waals surface area contributed by atoms with Crippen molar-refractivity contribution in [2.24, 2.45) is 0 Å². The van der Waals surface area contributed by atoms with Crippen molar-refractivity contribution in [2.45, 2.75) is 6.42 Å². The van der Waals surface area contributed by atoms with Crippen molar-refractivity contribution < 1.29 is 9.47 Å². The molecule has 0 fully saturated rings. The van der Waals surface area contributed by atoms with E-state index in [4.69, 9.17) is 9.47 Å². The molecule has 0 saturated heterocycles. The van der Waals surface area contributed by atoms with E-state index in [1.54, 1.807) is 19.5 Å². The third-order valence-electron chi connectivity index (χ3n) is 4.14. The molecule has 6 heteroatoms. The number of aromatic nitrogens is 3. The number of pyridine rings is 1. The van der Waals surface area contributed by atoms with E-state index in [1.807, 2.05) is 18.2 Å². The first-order chi connectivity index (χ1) is 12.3. The van der Waals surface area contributed by atoms with Gasteiger partial charge in [0.2, 0.25) is 0 Å². The van der Waals surface area contributed by atoms with E-state index in [9.17, 15) is 0 Å². The van der Waals surface area contributed by atoms with Crippen LogP contribution in [0.5, 0.6) is 5.75 Å². The number of hydrogen-bond acceptors (Lipinski definition) is 4. The van der Waals surface area contributed by atoms with Crippen LogP contribution in [0.2, 0.25) is 0 Å². The van der Waals surface area contributed by atoms with Gasteiger partial charge in [-0.05, 0) is 41.8 Å². The third-order valence-corrected chi connectivity index (χ3v) is 4.14. The van der Waals surface area contributed by atoms with Crippen molar-refractivity contribution in [1.29, 1.82) is 0 Å². The molecule has 0 spiro atoms. The van der Waals surface area contributed by atoms with Crippen molar-refractivity contribution in [3.8, 4) is 17.0 Å². The Morgan fingerprint density at radius 2 is 2.08 bits per heavy atom. The predicted octanol–water partition coefficient (Wildman–Crippen LogP) is 4.15. The molecule has 2 aromatic rings. The lowest BCUT2D eigenvalue weighted by molar-refractivity contribution is 0.172. The Bertz CT molecular complexity index is 929. The second-order valence-electron chi connectivity index (χ2n) is 5.87. The van der Waals surface area contributed by atoms with E-state index in [0.29, 0.717) is 13.2 Å². The molecule has 128 valence electrons. The van der Waals surface area contributed by atoms with Crippen LogP contribution in [0.15, 0.2) is 48.8 Å². The Kier molecular flexibility index (Phi) is 4.26. The van der Waals surface area contributed by atoms with Crippen LogP contribution in [0.1, 0.15) is 6.42 Å². The maximum absolute atomic E-state index is 5.79. The summed E-state index contributed by atoms with van der Waals surface area (Å²) in [6, 6.07) is 12.2. The lowest BCUT2D eigenvalue weighted by atomic mass is 10.2. The molecule has 4 rings (SSSR count). The number of hydrogen-bond donors (Lipinski definition) is 3. The summed E-state index contributed by atoms with van der Waals surface area (Å²) in [5.41, 5.74) is 3.12. The van der Waals surface area contributed by atoms with Gasteiger partial charge in [0, 0.05) is 37.3 Å². The van der Waals surface area contributed by atoms with Gasteiger partial charge in [0.25, 0.3) is 0 Å². The third kappa shape index (κ3) is 3.16. The van der Waals surface area contributed by atoms with Crippen LogP contribution in [0.25, 0.3) is 22.0 Å². The van der Waals surface area contributed by atoms with Gasteiger partial charge in [-0.15, -0.1) is 0 Å². The fourth-order valence-corrected chi connectivity index (χ4v) is 2.95. The summed E-state index contributed by atoms with van der Waals surface area (Å²) in [4.78, 5) is 4.13. The molecule has 3 N–H and O–H groups in total. The lowest BCUT2D eigenvalue weighted by Gasteiger charge is -2.05. The van der Waals surface area contributed by atoms with Crippen LogP contribution >= 0.6 is 0 Å². The smallest absolute Gasteiger partial charge is 0.132 e. The number of nitrogens with zero attached hydrogens (tertiary/aromatic N) is 1. The number of benzene rings is 1. The summed E-state index contributed by atoms with van der Waals surface area (Å²) in [5, 5.41) is 12.1.